The summed E-state index contributed by atoms with van der Waals surface area (Å²) in [4.78, 5) is 38.5. The number of nitrogens with one attached hydrogen (secondary N) is 1. The fourth-order valence-corrected chi connectivity index (χ4v) is 4.04. The SMILES string of the molecule is COc1ccccc1NC(=O)CN1C(=O)S/C(=C/c2ccc(-c3ccccc3C#N)o2)C1=O. The molecule has 3 amide bonds. The molecule has 0 spiro atoms. The second-order valence-electron chi connectivity index (χ2n) is 6.88. The molecular weight excluding hydrogens is 442 g/mol. The molecule has 0 radical (unpaired) electrons. The van der Waals surface area contributed by atoms with Crippen LogP contribution in [0.3, 0.4) is 0 Å². The Morgan fingerprint density at radius 2 is 1.91 bits per heavy atom. The Labute approximate surface area is 193 Å². The molecule has 1 saturated heterocycles. The average molecular weight is 459 g/mol. The van der Waals surface area contributed by atoms with Crippen molar-refractivity contribution in [1.82, 2.24) is 4.90 Å². The molecule has 0 saturated carbocycles. The highest BCUT2D eigenvalue weighted by molar-refractivity contribution is 8.18. The first kappa shape index (κ1) is 21.9. The van der Waals surface area contributed by atoms with Crippen LogP contribution >= 0.6 is 11.8 Å². The van der Waals surface area contributed by atoms with Crippen LogP contribution in [0.1, 0.15) is 11.3 Å². The van der Waals surface area contributed by atoms with Gasteiger partial charge in [-0.25, -0.2) is 0 Å². The lowest BCUT2D eigenvalue weighted by Crippen LogP contribution is -2.36. The van der Waals surface area contributed by atoms with Crippen molar-refractivity contribution in [3.8, 4) is 23.1 Å². The summed E-state index contributed by atoms with van der Waals surface area (Å²) in [6, 6.07) is 19.3. The molecule has 9 heteroatoms. The van der Waals surface area contributed by atoms with E-state index in [4.69, 9.17) is 9.15 Å². The Kier molecular flexibility index (Phi) is 6.29. The van der Waals surface area contributed by atoms with Crippen molar-refractivity contribution in [3.05, 3.63) is 76.9 Å². The molecule has 1 aliphatic rings. The minimum Gasteiger partial charge on any atom is -0.495 e. The third-order valence-corrected chi connectivity index (χ3v) is 5.68. The van der Waals surface area contributed by atoms with Crippen LogP contribution < -0.4 is 10.1 Å². The van der Waals surface area contributed by atoms with E-state index >= 15 is 0 Å². The molecule has 1 aromatic heterocycles. The van der Waals surface area contributed by atoms with Gasteiger partial charge in [-0.3, -0.25) is 19.3 Å². The summed E-state index contributed by atoms with van der Waals surface area (Å²) in [6.45, 7) is -0.432. The number of carbonyl (C=O) groups is 3. The summed E-state index contributed by atoms with van der Waals surface area (Å²) in [7, 11) is 1.48. The molecule has 0 atom stereocenters. The van der Waals surface area contributed by atoms with Gasteiger partial charge in [0.25, 0.3) is 11.1 Å². The molecule has 2 heterocycles. The van der Waals surface area contributed by atoms with E-state index in [9.17, 15) is 19.6 Å². The predicted molar refractivity (Wildman–Crippen MR) is 123 cm³/mol. The second kappa shape index (κ2) is 9.46. The number of hydrogen-bond donors (Lipinski definition) is 1. The van der Waals surface area contributed by atoms with E-state index in [0.29, 0.717) is 34.1 Å². The number of benzene rings is 2. The number of nitriles is 1. The van der Waals surface area contributed by atoms with Crippen molar-refractivity contribution in [3.63, 3.8) is 0 Å². The Hall–Kier alpha value is -4.29. The van der Waals surface area contributed by atoms with Crippen LogP contribution in [-0.4, -0.2) is 35.6 Å². The highest BCUT2D eigenvalue weighted by atomic mass is 32.2. The molecule has 0 bridgehead atoms. The summed E-state index contributed by atoms with van der Waals surface area (Å²) >= 11 is 0.727. The first-order valence-electron chi connectivity index (χ1n) is 9.77. The van der Waals surface area contributed by atoms with Gasteiger partial charge in [-0.05, 0) is 48.2 Å². The van der Waals surface area contributed by atoms with E-state index in [0.717, 1.165) is 16.7 Å². The normalized spacial score (nSPS) is 14.4. The monoisotopic (exact) mass is 459 g/mol. The van der Waals surface area contributed by atoms with E-state index < -0.39 is 23.6 Å². The topological polar surface area (TPSA) is 113 Å². The summed E-state index contributed by atoms with van der Waals surface area (Å²) < 4.78 is 10.9. The molecule has 1 fully saturated rings. The lowest BCUT2D eigenvalue weighted by molar-refractivity contribution is -0.127. The van der Waals surface area contributed by atoms with Crippen LogP contribution in [0.2, 0.25) is 0 Å². The number of imide groups is 1. The van der Waals surface area contributed by atoms with Gasteiger partial charge in [-0.1, -0.05) is 24.3 Å². The van der Waals surface area contributed by atoms with Crippen molar-refractivity contribution < 1.29 is 23.5 Å². The number of thioether (sulfide) groups is 1. The Bertz CT molecular complexity index is 1320. The third kappa shape index (κ3) is 4.66. The van der Waals surface area contributed by atoms with E-state index in [1.54, 1.807) is 60.7 Å². The molecule has 1 N–H and O–H groups in total. The van der Waals surface area contributed by atoms with Crippen LogP contribution in [0.5, 0.6) is 5.75 Å². The summed E-state index contributed by atoms with van der Waals surface area (Å²) in [5, 5.41) is 11.4. The van der Waals surface area contributed by atoms with Gasteiger partial charge >= 0.3 is 0 Å². The molecule has 8 nitrogen and oxygen atoms in total. The molecule has 1 aliphatic heterocycles. The van der Waals surface area contributed by atoms with Crippen LogP contribution in [0.15, 0.2) is 70.0 Å². The third-order valence-electron chi connectivity index (χ3n) is 4.77. The molecule has 33 heavy (non-hydrogen) atoms. The van der Waals surface area contributed by atoms with Gasteiger partial charge < -0.3 is 14.5 Å². The van der Waals surface area contributed by atoms with E-state index in [1.165, 1.54) is 13.2 Å². The number of carbonyl (C=O) groups excluding carboxylic acids is 3. The predicted octanol–water partition coefficient (Wildman–Crippen LogP) is 4.50. The fraction of sp³-hybridized carbons (Fsp3) is 0.0833. The molecule has 0 unspecified atom stereocenters. The van der Waals surface area contributed by atoms with Crippen molar-refractivity contribution in [2.24, 2.45) is 0 Å². The number of amides is 3. The highest BCUT2D eigenvalue weighted by Gasteiger charge is 2.36. The van der Waals surface area contributed by atoms with Crippen molar-refractivity contribution >= 4 is 40.6 Å². The quantitative estimate of drug-likeness (QED) is 0.540. The average Bonchev–Trinajstić information content (AvgIpc) is 3.39. The van der Waals surface area contributed by atoms with E-state index in [2.05, 4.69) is 11.4 Å². The van der Waals surface area contributed by atoms with Crippen LogP contribution in [0, 0.1) is 11.3 Å². The van der Waals surface area contributed by atoms with Gasteiger partial charge in [0.05, 0.1) is 29.3 Å². The number of ether oxygens (including phenoxy) is 1. The van der Waals surface area contributed by atoms with Crippen LogP contribution in [-0.2, 0) is 9.59 Å². The van der Waals surface area contributed by atoms with Gasteiger partial charge in [-0.15, -0.1) is 0 Å². The number of para-hydroxylation sites is 2. The number of nitrogens with zero attached hydrogens (tertiary/aromatic N) is 2. The zero-order chi connectivity index (χ0) is 23.4. The minimum absolute atomic E-state index is 0.138. The first-order valence-corrected chi connectivity index (χ1v) is 10.6. The number of furan rings is 1. The number of hydrogen-bond acceptors (Lipinski definition) is 7. The van der Waals surface area contributed by atoms with Gasteiger partial charge in [0, 0.05) is 11.6 Å². The van der Waals surface area contributed by atoms with Gasteiger partial charge in [0.2, 0.25) is 5.91 Å². The molecule has 4 rings (SSSR count). The minimum atomic E-state index is -0.587. The van der Waals surface area contributed by atoms with Crippen LogP contribution in [0.4, 0.5) is 10.5 Å². The Balaban J connectivity index is 1.48. The zero-order valence-electron chi connectivity index (χ0n) is 17.4. The van der Waals surface area contributed by atoms with Crippen molar-refractivity contribution in [2.45, 2.75) is 0 Å². The molecule has 0 aliphatic carbocycles. The van der Waals surface area contributed by atoms with Crippen molar-refractivity contribution in [1.29, 1.82) is 5.26 Å². The standard InChI is InChI=1S/C24H17N3O5S/c1-31-20-9-5-4-8-18(20)26-22(28)14-27-23(29)21(33-24(27)30)12-16-10-11-19(32-16)17-7-3-2-6-15(17)13-25/h2-12H,14H2,1H3,(H,26,28)/b21-12+. The van der Waals surface area contributed by atoms with Gasteiger partial charge in [-0.2, -0.15) is 5.26 Å². The lowest BCUT2D eigenvalue weighted by Gasteiger charge is -2.14. The smallest absolute Gasteiger partial charge is 0.294 e. The van der Waals surface area contributed by atoms with Gasteiger partial charge in [0.1, 0.15) is 23.8 Å². The van der Waals surface area contributed by atoms with E-state index in [-0.39, 0.29) is 4.91 Å². The fourth-order valence-electron chi connectivity index (χ4n) is 3.22. The first-order chi connectivity index (χ1) is 16.0. The van der Waals surface area contributed by atoms with Crippen molar-refractivity contribution in [2.75, 3.05) is 19.0 Å². The second-order valence-corrected chi connectivity index (χ2v) is 7.87. The number of methoxy groups -OCH3 is 1. The summed E-state index contributed by atoms with van der Waals surface area (Å²) in [5.41, 5.74) is 1.52. The molecule has 3 aromatic rings. The van der Waals surface area contributed by atoms with E-state index in [1.807, 2.05) is 0 Å². The van der Waals surface area contributed by atoms with Crippen LogP contribution in [0.25, 0.3) is 17.4 Å². The van der Waals surface area contributed by atoms with Gasteiger partial charge in [0.15, 0.2) is 0 Å². The summed E-state index contributed by atoms with van der Waals surface area (Å²) in [5.74, 6) is 0.161. The molecule has 2 aromatic carbocycles. The Morgan fingerprint density at radius 3 is 2.70 bits per heavy atom. The maximum Gasteiger partial charge on any atom is 0.294 e. The Morgan fingerprint density at radius 1 is 1.15 bits per heavy atom. The number of rotatable bonds is 6. The summed E-state index contributed by atoms with van der Waals surface area (Å²) in [6.07, 6.45) is 1.45. The zero-order valence-corrected chi connectivity index (χ0v) is 18.2. The highest BCUT2D eigenvalue weighted by Crippen LogP contribution is 2.34. The largest absolute Gasteiger partial charge is 0.495 e. The maximum absolute atomic E-state index is 12.7. The maximum atomic E-state index is 12.7. The molecule has 164 valence electrons. The molecular formula is C24H17N3O5S. The number of anilines is 1. The lowest BCUT2D eigenvalue weighted by atomic mass is 10.1.